The molecule has 7 nitrogen and oxygen atoms in total. The fourth-order valence-corrected chi connectivity index (χ4v) is 2.26. The van der Waals surface area contributed by atoms with Crippen LogP contribution in [0.1, 0.15) is 12.5 Å². The third-order valence-corrected chi connectivity index (χ3v) is 3.69. The van der Waals surface area contributed by atoms with Gasteiger partial charge >= 0.3 is 0 Å². The number of nitrogens with two attached hydrogens (primary N) is 1. The van der Waals surface area contributed by atoms with Gasteiger partial charge in [-0.15, -0.1) is 0 Å². The summed E-state index contributed by atoms with van der Waals surface area (Å²) in [6, 6.07) is 7.72. The Morgan fingerprint density at radius 3 is 2.68 bits per heavy atom. The summed E-state index contributed by atoms with van der Waals surface area (Å²) in [4.78, 5) is 6.19. The number of nitrogens with one attached hydrogen (secondary N) is 1. The molecule has 0 saturated heterocycles. The Morgan fingerprint density at radius 2 is 2.09 bits per heavy atom. The molecule has 1 aromatic rings. The summed E-state index contributed by atoms with van der Waals surface area (Å²) in [5.74, 6) is 1.25. The van der Waals surface area contributed by atoms with Gasteiger partial charge in [-0.25, -0.2) is 13.6 Å². The predicted octanol–water partition coefficient (Wildman–Crippen LogP) is 0.381. The second-order valence-corrected chi connectivity index (χ2v) is 6.50. The molecule has 0 saturated carbocycles. The van der Waals surface area contributed by atoms with Crippen LogP contribution in [0.4, 0.5) is 0 Å². The zero-order chi connectivity index (χ0) is 16.6. The van der Waals surface area contributed by atoms with Crippen LogP contribution < -0.4 is 15.2 Å². The van der Waals surface area contributed by atoms with Gasteiger partial charge in [0.15, 0.2) is 5.96 Å². The maximum atomic E-state index is 11.0. The standard InChI is InChI=1S/C14H24N4O3S/c1-4-16-14(17-9-10-22(15,19)20)18(2)11-12-7-5-6-8-13(12)21-3/h5-8H,4,9-11H2,1-3H3,(H,16,17)(H2,15,19,20). The number of methoxy groups -OCH3 is 1. The van der Waals surface area contributed by atoms with Crippen molar-refractivity contribution in [2.75, 3.05) is 33.0 Å². The summed E-state index contributed by atoms with van der Waals surface area (Å²) in [5.41, 5.74) is 1.02. The van der Waals surface area contributed by atoms with Crippen molar-refractivity contribution in [1.82, 2.24) is 10.2 Å². The molecule has 8 heteroatoms. The van der Waals surface area contributed by atoms with Crippen molar-refractivity contribution in [3.63, 3.8) is 0 Å². The number of aliphatic imine (C=N–C) groups is 1. The van der Waals surface area contributed by atoms with E-state index in [1.165, 1.54) is 0 Å². The predicted molar refractivity (Wildman–Crippen MR) is 88.4 cm³/mol. The van der Waals surface area contributed by atoms with Crippen molar-refractivity contribution in [3.05, 3.63) is 29.8 Å². The lowest BCUT2D eigenvalue weighted by molar-refractivity contribution is 0.396. The fraction of sp³-hybridized carbons (Fsp3) is 0.500. The number of nitrogens with zero attached hydrogens (tertiary/aromatic N) is 2. The molecular weight excluding hydrogens is 304 g/mol. The molecule has 0 heterocycles. The van der Waals surface area contributed by atoms with Crippen LogP contribution in [0.2, 0.25) is 0 Å². The van der Waals surface area contributed by atoms with E-state index < -0.39 is 10.0 Å². The van der Waals surface area contributed by atoms with Crippen molar-refractivity contribution >= 4 is 16.0 Å². The minimum Gasteiger partial charge on any atom is -0.496 e. The van der Waals surface area contributed by atoms with Gasteiger partial charge in [-0.1, -0.05) is 18.2 Å². The first-order chi connectivity index (χ1) is 10.4. The molecule has 0 fully saturated rings. The number of hydrogen-bond donors (Lipinski definition) is 2. The van der Waals surface area contributed by atoms with E-state index in [2.05, 4.69) is 10.3 Å². The molecule has 1 rings (SSSR count). The zero-order valence-corrected chi connectivity index (χ0v) is 14.1. The second-order valence-electron chi connectivity index (χ2n) is 4.77. The summed E-state index contributed by atoms with van der Waals surface area (Å²) >= 11 is 0. The summed E-state index contributed by atoms with van der Waals surface area (Å²) in [6.07, 6.45) is 0. The van der Waals surface area contributed by atoms with Crippen LogP contribution in [0.5, 0.6) is 5.75 Å². The number of para-hydroxylation sites is 1. The molecule has 3 N–H and O–H groups in total. The maximum Gasteiger partial charge on any atom is 0.210 e. The number of primary sulfonamides is 1. The highest BCUT2D eigenvalue weighted by Crippen LogP contribution is 2.18. The summed E-state index contributed by atoms with van der Waals surface area (Å²) in [5, 5.41) is 8.11. The summed E-state index contributed by atoms with van der Waals surface area (Å²) < 4.78 is 27.3. The largest absolute Gasteiger partial charge is 0.496 e. The molecule has 0 aliphatic carbocycles. The van der Waals surface area contributed by atoms with Crippen molar-refractivity contribution in [2.24, 2.45) is 10.1 Å². The minimum absolute atomic E-state index is 0.122. The molecule has 1 aromatic carbocycles. The molecule has 0 atom stereocenters. The first-order valence-electron chi connectivity index (χ1n) is 6.99. The SMILES string of the molecule is CCNC(=NCCS(N)(=O)=O)N(C)Cc1ccccc1OC. The van der Waals surface area contributed by atoms with E-state index in [0.717, 1.165) is 11.3 Å². The first-order valence-corrected chi connectivity index (χ1v) is 8.70. The smallest absolute Gasteiger partial charge is 0.210 e. The molecule has 0 bridgehead atoms. The molecule has 0 aromatic heterocycles. The average Bonchev–Trinajstić information content (AvgIpc) is 2.45. The van der Waals surface area contributed by atoms with Crippen LogP contribution in [0, 0.1) is 0 Å². The molecule has 22 heavy (non-hydrogen) atoms. The van der Waals surface area contributed by atoms with Crippen molar-refractivity contribution in [2.45, 2.75) is 13.5 Å². The van der Waals surface area contributed by atoms with E-state index in [1.54, 1.807) is 7.11 Å². The van der Waals surface area contributed by atoms with E-state index in [0.29, 0.717) is 19.0 Å². The lowest BCUT2D eigenvalue weighted by atomic mass is 10.2. The molecule has 0 aliphatic heterocycles. The molecule has 0 spiro atoms. The van der Waals surface area contributed by atoms with Crippen LogP contribution >= 0.6 is 0 Å². The fourth-order valence-electron chi connectivity index (χ4n) is 1.91. The maximum absolute atomic E-state index is 11.0. The van der Waals surface area contributed by atoms with Gasteiger partial charge in [0.1, 0.15) is 5.75 Å². The number of sulfonamides is 1. The Balaban J connectivity index is 2.80. The Hall–Kier alpha value is -1.80. The number of ether oxygens (including phenoxy) is 1. The molecule has 124 valence electrons. The highest BCUT2D eigenvalue weighted by molar-refractivity contribution is 7.89. The number of guanidine groups is 1. The van der Waals surface area contributed by atoms with E-state index in [-0.39, 0.29) is 12.3 Å². The van der Waals surface area contributed by atoms with E-state index in [9.17, 15) is 8.42 Å². The Kier molecular flexibility index (Phi) is 7.13. The van der Waals surface area contributed by atoms with Crippen molar-refractivity contribution in [3.8, 4) is 5.75 Å². The number of hydrogen-bond acceptors (Lipinski definition) is 4. The van der Waals surface area contributed by atoms with Gasteiger partial charge in [-0.05, 0) is 13.0 Å². The van der Waals surface area contributed by atoms with Gasteiger partial charge in [-0.3, -0.25) is 4.99 Å². The van der Waals surface area contributed by atoms with Crippen LogP contribution in [0.15, 0.2) is 29.3 Å². The molecular formula is C14H24N4O3S. The summed E-state index contributed by atoms with van der Waals surface area (Å²) in [6.45, 7) is 3.35. The van der Waals surface area contributed by atoms with Crippen LogP contribution in [-0.2, 0) is 16.6 Å². The number of benzene rings is 1. The number of rotatable bonds is 7. The van der Waals surface area contributed by atoms with Crippen LogP contribution in [0.3, 0.4) is 0 Å². The zero-order valence-electron chi connectivity index (χ0n) is 13.2. The molecule has 0 amide bonds. The molecule has 0 aliphatic rings. The summed E-state index contributed by atoms with van der Waals surface area (Å²) in [7, 11) is 0.00567. The van der Waals surface area contributed by atoms with Gasteiger partial charge in [0.2, 0.25) is 10.0 Å². The third-order valence-electron chi connectivity index (χ3n) is 2.93. The second kappa shape index (κ2) is 8.60. The third kappa shape index (κ3) is 6.31. The van der Waals surface area contributed by atoms with Gasteiger partial charge in [0.25, 0.3) is 0 Å². The van der Waals surface area contributed by atoms with Crippen molar-refractivity contribution < 1.29 is 13.2 Å². The van der Waals surface area contributed by atoms with Crippen LogP contribution in [-0.4, -0.2) is 52.3 Å². The van der Waals surface area contributed by atoms with Gasteiger partial charge in [-0.2, -0.15) is 0 Å². The van der Waals surface area contributed by atoms with Gasteiger partial charge in [0, 0.05) is 25.7 Å². The van der Waals surface area contributed by atoms with Gasteiger partial charge in [0.05, 0.1) is 19.4 Å². The monoisotopic (exact) mass is 328 g/mol. The molecule has 0 radical (unpaired) electrons. The lowest BCUT2D eigenvalue weighted by Crippen LogP contribution is -2.39. The lowest BCUT2D eigenvalue weighted by Gasteiger charge is -2.23. The first kappa shape index (κ1) is 18.2. The highest BCUT2D eigenvalue weighted by atomic mass is 32.2. The van der Waals surface area contributed by atoms with E-state index in [1.807, 2.05) is 43.1 Å². The highest BCUT2D eigenvalue weighted by Gasteiger charge is 2.10. The Labute approximate surface area is 132 Å². The minimum atomic E-state index is -3.50. The van der Waals surface area contributed by atoms with E-state index >= 15 is 0 Å². The molecule has 0 unspecified atom stereocenters. The quantitative estimate of drug-likeness (QED) is 0.557. The average molecular weight is 328 g/mol. The van der Waals surface area contributed by atoms with E-state index in [4.69, 9.17) is 9.88 Å². The van der Waals surface area contributed by atoms with Crippen molar-refractivity contribution in [1.29, 1.82) is 0 Å². The van der Waals surface area contributed by atoms with Crippen LogP contribution in [0.25, 0.3) is 0 Å². The Bertz CT molecular complexity index is 602. The Morgan fingerprint density at radius 1 is 1.41 bits per heavy atom. The van der Waals surface area contributed by atoms with Gasteiger partial charge < -0.3 is 15.0 Å². The normalized spacial score (nSPS) is 12.1. The topological polar surface area (TPSA) is 97.0 Å².